The summed E-state index contributed by atoms with van der Waals surface area (Å²) in [5.41, 5.74) is 8.15. The summed E-state index contributed by atoms with van der Waals surface area (Å²) in [6.07, 6.45) is 8.45. The highest BCUT2D eigenvalue weighted by Crippen LogP contribution is 2.37. The summed E-state index contributed by atoms with van der Waals surface area (Å²) in [5.74, 6) is 1.58. The van der Waals surface area contributed by atoms with Crippen molar-refractivity contribution in [3.8, 4) is 0 Å². The van der Waals surface area contributed by atoms with E-state index < -0.39 is 0 Å². The second-order valence-electron chi connectivity index (χ2n) is 6.50. The molecule has 2 nitrogen and oxygen atoms in total. The molecule has 0 heterocycles. The quantitative estimate of drug-likeness (QED) is 0.844. The standard InChI is InChI=1S/C18H25NO/c19-12-16-5-1-2-10-17(16)18(20)15-9-4-8-14(11-15)13-6-3-7-13/h4,8-9,11,13,16-17H,1-3,5-7,10,12,19H2. The van der Waals surface area contributed by atoms with E-state index in [0.29, 0.717) is 24.2 Å². The van der Waals surface area contributed by atoms with Gasteiger partial charge in [0.05, 0.1) is 0 Å². The number of rotatable bonds is 4. The number of Topliss-reactive ketones (excluding diaryl/α,β-unsaturated/α-hetero) is 1. The van der Waals surface area contributed by atoms with Crippen LogP contribution in [-0.4, -0.2) is 12.3 Å². The van der Waals surface area contributed by atoms with E-state index in [1.165, 1.54) is 37.7 Å². The number of nitrogens with two attached hydrogens (primary N) is 1. The Hall–Kier alpha value is -1.15. The van der Waals surface area contributed by atoms with Gasteiger partial charge in [-0.05, 0) is 55.7 Å². The molecule has 0 radical (unpaired) electrons. The van der Waals surface area contributed by atoms with E-state index in [0.717, 1.165) is 18.4 Å². The highest BCUT2D eigenvalue weighted by atomic mass is 16.1. The van der Waals surface area contributed by atoms with Gasteiger partial charge in [-0.15, -0.1) is 0 Å². The topological polar surface area (TPSA) is 43.1 Å². The zero-order chi connectivity index (χ0) is 13.9. The molecule has 0 bridgehead atoms. The Morgan fingerprint density at radius 1 is 1.10 bits per heavy atom. The fourth-order valence-corrected chi connectivity index (χ4v) is 3.74. The number of ketones is 1. The zero-order valence-corrected chi connectivity index (χ0v) is 12.2. The summed E-state index contributed by atoms with van der Waals surface area (Å²) < 4.78 is 0. The van der Waals surface area contributed by atoms with Gasteiger partial charge in [-0.25, -0.2) is 0 Å². The van der Waals surface area contributed by atoms with Gasteiger partial charge in [-0.1, -0.05) is 37.5 Å². The predicted molar refractivity (Wildman–Crippen MR) is 81.9 cm³/mol. The van der Waals surface area contributed by atoms with Gasteiger partial charge in [0.1, 0.15) is 0 Å². The van der Waals surface area contributed by atoms with Crippen molar-refractivity contribution in [3.05, 3.63) is 35.4 Å². The van der Waals surface area contributed by atoms with Gasteiger partial charge in [0.15, 0.2) is 5.78 Å². The molecule has 3 rings (SSSR count). The van der Waals surface area contributed by atoms with E-state index in [9.17, 15) is 4.79 Å². The largest absolute Gasteiger partial charge is 0.330 e. The molecule has 0 spiro atoms. The van der Waals surface area contributed by atoms with Crippen LogP contribution in [0.25, 0.3) is 0 Å². The van der Waals surface area contributed by atoms with Crippen molar-refractivity contribution in [3.63, 3.8) is 0 Å². The van der Waals surface area contributed by atoms with Crippen molar-refractivity contribution in [1.82, 2.24) is 0 Å². The van der Waals surface area contributed by atoms with Crippen LogP contribution in [0.5, 0.6) is 0 Å². The zero-order valence-electron chi connectivity index (χ0n) is 12.2. The molecule has 20 heavy (non-hydrogen) atoms. The van der Waals surface area contributed by atoms with Crippen LogP contribution in [-0.2, 0) is 0 Å². The first-order chi connectivity index (χ1) is 9.79. The average Bonchev–Trinajstić information content (AvgIpc) is 2.45. The molecule has 2 aliphatic carbocycles. The number of carbonyl (C=O) groups excluding carboxylic acids is 1. The van der Waals surface area contributed by atoms with Crippen LogP contribution in [0.1, 0.15) is 66.8 Å². The third-order valence-electron chi connectivity index (χ3n) is 5.30. The number of hydrogen-bond donors (Lipinski definition) is 1. The number of hydrogen-bond acceptors (Lipinski definition) is 2. The first kappa shape index (κ1) is 13.8. The lowest BCUT2D eigenvalue weighted by Gasteiger charge is -2.30. The SMILES string of the molecule is NCC1CCCCC1C(=O)c1cccc(C2CCC2)c1. The van der Waals surface area contributed by atoms with Crippen molar-refractivity contribution in [2.45, 2.75) is 50.9 Å². The van der Waals surface area contributed by atoms with Gasteiger partial charge in [-0.3, -0.25) is 4.79 Å². The lowest BCUT2D eigenvalue weighted by molar-refractivity contribution is 0.0829. The molecule has 2 saturated carbocycles. The maximum atomic E-state index is 12.8. The lowest BCUT2D eigenvalue weighted by Crippen LogP contribution is -2.32. The summed E-state index contributed by atoms with van der Waals surface area (Å²) in [7, 11) is 0. The van der Waals surface area contributed by atoms with E-state index in [1.54, 1.807) is 0 Å². The van der Waals surface area contributed by atoms with E-state index >= 15 is 0 Å². The molecule has 0 amide bonds. The molecular weight excluding hydrogens is 246 g/mol. The van der Waals surface area contributed by atoms with E-state index in [1.807, 2.05) is 6.07 Å². The monoisotopic (exact) mass is 271 g/mol. The molecule has 0 aliphatic heterocycles. The Balaban J connectivity index is 1.78. The van der Waals surface area contributed by atoms with E-state index in [2.05, 4.69) is 18.2 Å². The summed E-state index contributed by atoms with van der Waals surface area (Å²) in [4.78, 5) is 12.8. The molecule has 108 valence electrons. The van der Waals surface area contributed by atoms with Crippen molar-refractivity contribution in [2.75, 3.05) is 6.54 Å². The average molecular weight is 271 g/mol. The predicted octanol–water partition coefficient (Wildman–Crippen LogP) is 3.90. The maximum Gasteiger partial charge on any atom is 0.166 e. The molecule has 1 aromatic carbocycles. The number of carbonyl (C=O) groups is 1. The molecule has 2 fully saturated rings. The molecular formula is C18H25NO. The van der Waals surface area contributed by atoms with Gasteiger partial charge >= 0.3 is 0 Å². The highest BCUT2D eigenvalue weighted by Gasteiger charge is 2.31. The van der Waals surface area contributed by atoms with Crippen molar-refractivity contribution in [1.29, 1.82) is 0 Å². The van der Waals surface area contributed by atoms with Gasteiger partial charge in [0.2, 0.25) is 0 Å². The first-order valence-electron chi connectivity index (χ1n) is 8.14. The lowest BCUT2D eigenvalue weighted by atomic mass is 9.74. The van der Waals surface area contributed by atoms with E-state index in [-0.39, 0.29) is 5.92 Å². The minimum Gasteiger partial charge on any atom is -0.330 e. The Bertz CT molecular complexity index is 478. The fourth-order valence-electron chi connectivity index (χ4n) is 3.74. The van der Waals surface area contributed by atoms with Crippen molar-refractivity contribution < 1.29 is 4.79 Å². The van der Waals surface area contributed by atoms with Gasteiger partial charge in [-0.2, -0.15) is 0 Å². The van der Waals surface area contributed by atoms with Crippen LogP contribution in [0.2, 0.25) is 0 Å². The normalized spacial score (nSPS) is 27.1. The maximum absolute atomic E-state index is 12.8. The molecule has 2 heteroatoms. The Kier molecular flexibility index (Phi) is 4.21. The van der Waals surface area contributed by atoms with Crippen LogP contribution < -0.4 is 5.73 Å². The molecule has 2 aliphatic rings. The Morgan fingerprint density at radius 3 is 2.60 bits per heavy atom. The third-order valence-corrected chi connectivity index (χ3v) is 5.30. The summed E-state index contributed by atoms with van der Waals surface area (Å²) in [6, 6.07) is 8.38. The van der Waals surface area contributed by atoms with Crippen LogP contribution in [0.4, 0.5) is 0 Å². The second-order valence-corrected chi connectivity index (χ2v) is 6.50. The van der Waals surface area contributed by atoms with Crippen LogP contribution >= 0.6 is 0 Å². The molecule has 1 aromatic rings. The third kappa shape index (κ3) is 2.67. The highest BCUT2D eigenvalue weighted by molar-refractivity contribution is 5.98. The summed E-state index contributed by atoms with van der Waals surface area (Å²) in [6.45, 7) is 0.652. The minimum absolute atomic E-state index is 0.158. The summed E-state index contributed by atoms with van der Waals surface area (Å²) in [5, 5.41) is 0. The van der Waals surface area contributed by atoms with E-state index in [4.69, 9.17) is 5.73 Å². The second kappa shape index (κ2) is 6.09. The van der Waals surface area contributed by atoms with Crippen LogP contribution in [0.3, 0.4) is 0 Å². The Labute approximate surface area is 121 Å². The molecule has 0 saturated heterocycles. The Morgan fingerprint density at radius 2 is 1.90 bits per heavy atom. The molecule has 2 N–H and O–H groups in total. The van der Waals surface area contributed by atoms with Crippen LogP contribution in [0.15, 0.2) is 24.3 Å². The molecule has 2 unspecified atom stereocenters. The minimum atomic E-state index is 0.158. The van der Waals surface area contributed by atoms with Crippen molar-refractivity contribution in [2.24, 2.45) is 17.6 Å². The smallest absolute Gasteiger partial charge is 0.166 e. The first-order valence-corrected chi connectivity index (χ1v) is 8.14. The fraction of sp³-hybridized carbons (Fsp3) is 0.611. The molecule has 0 aromatic heterocycles. The van der Waals surface area contributed by atoms with Gasteiger partial charge in [0, 0.05) is 11.5 Å². The molecule has 2 atom stereocenters. The summed E-state index contributed by atoms with van der Waals surface area (Å²) >= 11 is 0. The number of benzene rings is 1. The van der Waals surface area contributed by atoms with Crippen molar-refractivity contribution >= 4 is 5.78 Å². The van der Waals surface area contributed by atoms with Gasteiger partial charge < -0.3 is 5.73 Å². The van der Waals surface area contributed by atoms with Crippen LogP contribution in [0, 0.1) is 11.8 Å². The van der Waals surface area contributed by atoms with Gasteiger partial charge in [0.25, 0.3) is 0 Å².